The molecule has 0 aromatic heterocycles. The van der Waals surface area contributed by atoms with Crippen molar-refractivity contribution in [3.63, 3.8) is 0 Å². The normalized spacial score (nSPS) is 21.8. The van der Waals surface area contributed by atoms with E-state index in [1.807, 2.05) is 67.6 Å². The zero-order chi connectivity index (χ0) is 24.9. The van der Waals surface area contributed by atoms with Crippen molar-refractivity contribution in [1.82, 2.24) is 0 Å². The highest BCUT2D eigenvalue weighted by Gasteiger charge is 2.39. The zero-order valence-electron chi connectivity index (χ0n) is 19.8. The summed E-state index contributed by atoms with van der Waals surface area (Å²) in [6.07, 6.45) is 0.363. The summed E-state index contributed by atoms with van der Waals surface area (Å²) in [6, 6.07) is 22.7. The van der Waals surface area contributed by atoms with Crippen molar-refractivity contribution in [3.8, 4) is 17.2 Å². The largest absolute Gasteiger partial charge is 0.482 e. The van der Waals surface area contributed by atoms with Gasteiger partial charge >= 0.3 is 5.97 Å². The van der Waals surface area contributed by atoms with E-state index in [0.717, 1.165) is 23.1 Å². The molecule has 182 valence electrons. The van der Waals surface area contributed by atoms with Crippen LogP contribution in [0.1, 0.15) is 43.4 Å². The number of para-hydroxylation sites is 1. The molecule has 0 radical (unpaired) electrons. The highest BCUT2D eigenvalue weighted by Crippen LogP contribution is 2.48. The number of benzene rings is 3. The summed E-state index contributed by atoms with van der Waals surface area (Å²) in [5.41, 5.74) is 2.89. The molecule has 35 heavy (non-hydrogen) atoms. The van der Waals surface area contributed by atoms with Crippen LogP contribution < -0.4 is 9.47 Å². The zero-order valence-corrected chi connectivity index (χ0v) is 20.6. The molecule has 3 aromatic carbocycles. The van der Waals surface area contributed by atoms with Gasteiger partial charge in [-0.2, -0.15) is 0 Å². The van der Waals surface area contributed by atoms with Crippen molar-refractivity contribution in [3.05, 3.63) is 101 Å². The Labute approximate surface area is 210 Å². The summed E-state index contributed by atoms with van der Waals surface area (Å²) in [5.74, 6) is 0.891. The van der Waals surface area contributed by atoms with Gasteiger partial charge in [0, 0.05) is 22.4 Å². The summed E-state index contributed by atoms with van der Waals surface area (Å²) < 4.78 is 18.3. The molecule has 5 nitrogen and oxygen atoms in total. The van der Waals surface area contributed by atoms with Gasteiger partial charge in [0.05, 0.1) is 12.2 Å². The second-order valence-electron chi connectivity index (χ2n) is 8.91. The molecule has 4 rings (SSSR count). The third kappa shape index (κ3) is 6.05. The van der Waals surface area contributed by atoms with Crippen molar-refractivity contribution >= 4 is 17.6 Å². The molecule has 0 amide bonds. The average Bonchev–Trinajstić information content (AvgIpc) is 2.84. The Kier molecular flexibility index (Phi) is 7.79. The van der Waals surface area contributed by atoms with Crippen LogP contribution in [0.4, 0.5) is 0 Å². The van der Waals surface area contributed by atoms with Crippen LogP contribution in [-0.2, 0) is 9.53 Å². The van der Waals surface area contributed by atoms with Crippen LogP contribution in [0.5, 0.6) is 17.2 Å². The van der Waals surface area contributed by atoms with Gasteiger partial charge in [-0.15, -0.1) is 0 Å². The van der Waals surface area contributed by atoms with E-state index in [2.05, 4.69) is 13.5 Å². The summed E-state index contributed by atoms with van der Waals surface area (Å²) in [5, 5.41) is 9.88. The second kappa shape index (κ2) is 11.0. The van der Waals surface area contributed by atoms with Gasteiger partial charge < -0.3 is 19.3 Å². The molecule has 0 unspecified atom stereocenters. The first-order chi connectivity index (χ1) is 16.8. The fourth-order valence-corrected chi connectivity index (χ4v) is 4.71. The maximum atomic E-state index is 11.2. The topological polar surface area (TPSA) is 65.0 Å². The molecule has 1 aliphatic rings. The lowest BCUT2D eigenvalue weighted by molar-refractivity contribution is -0.139. The van der Waals surface area contributed by atoms with Gasteiger partial charge in [0.1, 0.15) is 17.2 Å². The Morgan fingerprint density at radius 1 is 1.09 bits per heavy atom. The number of hydrogen-bond donors (Lipinski definition) is 1. The fraction of sp³-hybridized carbons (Fsp3) is 0.276. The molecule has 4 atom stereocenters. The van der Waals surface area contributed by atoms with Crippen LogP contribution in [0.25, 0.3) is 0 Å². The first kappa shape index (κ1) is 24.8. The number of halogens is 1. The minimum absolute atomic E-state index is 0.00830. The number of hydrogen-bond acceptors (Lipinski definition) is 4. The SMILES string of the molecule is C=C(C)[C@@H]1C[C@@H](c2ccc(Cl)cc2)[C@@H](C)O[C@H]1c1cc(Oc2ccccc2)ccc1OCC(=O)O. The lowest BCUT2D eigenvalue weighted by Gasteiger charge is -2.42. The predicted octanol–water partition coefficient (Wildman–Crippen LogP) is 7.42. The van der Waals surface area contributed by atoms with Crippen LogP contribution in [-0.4, -0.2) is 23.8 Å². The van der Waals surface area contributed by atoms with Crippen LogP contribution in [0.2, 0.25) is 5.02 Å². The van der Waals surface area contributed by atoms with Gasteiger partial charge in [-0.25, -0.2) is 4.79 Å². The summed E-state index contributed by atoms with van der Waals surface area (Å²) in [6.45, 7) is 7.86. The highest BCUT2D eigenvalue weighted by atomic mass is 35.5. The lowest BCUT2D eigenvalue weighted by Crippen LogP contribution is -2.34. The van der Waals surface area contributed by atoms with E-state index < -0.39 is 12.6 Å². The Hall–Kier alpha value is -3.28. The number of carbonyl (C=O) groups is 1. The van der Waals surface area contributed by atoms with Gasteiger partial charge in [0.25, 0.3) is 0 Å². The van der Waals surface area contributed by atoms with Crippen molar-refractivity contribution < 1.29 is 24.1 Å². The molecular formula is C29H29ClO5. The Morgan fingerprint density at radius 2 is 1.80 bits per heavy atom. The number of carboxylic acids is 1. The molecule has 1 fully saturated rings. The highest BCUT2D eigenvalue weighted by molar-refractivity contribution is 6.30. The summed E-state index contributed by atoms with van der Waals surface area (Å²) in [4.78, 5) is 11.2. The third-order valence-electron chi connectivity index (χ3n) is 6.35. The monoisotopic (exact) mass is 492 g/mol. The molecule has 1 heterocycles. The Morgan fingerprint density at radius 3 is 2.46 bits per heavy atom. The smallest absolute Gasteiger partial charge is 0.341 e. The molecule has 6 heteroatoms. The average molecular weight is 493 g/mol. The van der Waals surface area contributed by atoms with Gasteiger partial charge in [-0.1, -0.05) is 54.1 Å². The van der Waals surface area contributed by atoms with Crippen LogP contribution in [0.3, 0.4) is 0 Å². The van der Waals surface area contributed by atoms with Gasteiger partial charge in [0.15, 0.2) is 6.61 Å². The summed E-state index contributed by atoms with van der Waals surface area (Å²) >= 11 is 6.10. The van der Waals surface area contributed by atoms with Crippen molar-refractivity contribution in [1.29, 1.82) is 0 Å². The standard InChI is InChI=1S/C29H29ClO5/c1-18(2)24-16-25(20-9-11-21(30)12-10-20)19(3)34-29(24)26-15-23(35-22-7-5-4-6-8-22)13-14-27(26)33-17-28(31)32/h4-15,19,24-25,29H,1,16-17H2,2-3H3,(H,31,32)/t19-,24+,25-,29-/m1/s1. The van der Waals surface area contributed by atoms with Crippen molar-refractivity contribution in [2.24, 2.45) is 5.92 Å². The molecular weight excluding hydrogens is 464 g/mol. The molecule has 0 saturated carbocycles. The fourth-order valence-electron chi connectivity index (χ4n) is 4.58. The minimum Gasteiger partial charge on any atom is -0.482 e. The van der Waals surface area contributed by atoms with Crippen LogP contribution >= 0.6 is 11.6 Å². The molecule has 3 aromatic rings. The van der Waals surface area contributed by atoms with Crippen molar-refractivity contribution in [2.45, 2.75) is 38.4 Å². The van der Waals surface area contributed by atoms with E-state index in [-0.39, 0.29) is 24.0 Å². The van der Waals surface area contributed by atoms with E-state index in [1.54, 1.807) is 12.1 Å². The quantitative estimate of drug-likeness (QED) is 0.331. The Bertz CT molecular complexity index is 1180. The number of ether oxygens (including phenoxy) is 3. The van der Waals surface area contributed by atoms with Crippen LogP contribution in [0.15, 0.2) is 84.9 Å². The first-order valence-electron chi connectivity index (χ1n) is 11.6. The van der Waals surface area contributed by atoms with E-state index in [1.165, 1.54) is 0 Å². The third-order valence-corrected chi connectivity index (χ3v) is 6.60. The van der Waals surface area contributed by atoms with Gasteiger partial charge in [-0.05, 0) is 68.3 Å². The second-order valence-corrected chi connectivity index (χ2v) is 9.34. The number of carboxylic acid groups (broad SMARTS) is 1. The van der Waals surface area contributed by atoms with Gasteiger partial charge in [0.2, 0.25) is 0 Å². The minimum atomic E-state index is -1.04. The van der Waals surface area contributed by atoms with E-state index in [4.69, 9.17) is 25.8 Å². The first-order valence-corrected chi connectivity index (χ1v) is 12.0. The maximum Gasteiger partial charge on any atom is 0.341 e. The number of aliphatic carboxylic acids is 1. The predicted molar refractivity (Wildman–Crippen MR) is 136 cm³/mol. The van der Waals surface area contributed by atoms with E-state index >= 15 is 0 Å². The van der Waals surface area contributed by atoms with E-state index in [9.17, 15) is 9.90 Å². The molecule has 0 bridgehead atoms. The summed E-state index contributed by atoms with van der Waals surface area (Å²) in [7, 11) is 0. The lowest BCUT2D eigenvalue weighted by atomic mass is 9.76. The molecule has 0 spiro atoms. The Balaban J connectivity index is 1.68. The maximum absolute atomic E-state index is 11.2. The molecule has 1 saturated heterocycles. The molecule has 1 aliphatic heterocycles. The molecule has 0 aliphatic carbocycles. The molecule has 1 N–H and O–H groups in total. The van der Waals surface area contributed by atoms with Crippen molar-refractivity contribution in [2.75, 3.05) is 6.61 Å². The van der Waals surface area contributed by atoms with Crippen LogP contribution in [0, 0.1) is 5.92 Å². The van der Waals surface area contributed by atoms with Gasteiger partial charge in [-0.3, -0.25) is 0 Å². The van der Waals surface area contributed by atoms with E-state index in [0.29, 0.717) is 22.3 Å². The number of rotatable bonds is 8.